The number of benzene rings is 1. The van der Waals surface area contributed by atoms with Crippen molar-refractivity contribution < 1.29 is 4.79 Å². The van der Waals surface area contributed by atoms with Gasteiger partial charge in [-0.05, 0) is 40.3 Å². The molecular formula is C8H6ClIO. The van der Waals surface area contributed by atoms with Gasteiger partial charge in [-0.25, -0.2) is 0 Å². The van der Waals surface area contributed by atoms with Crippen LogP contribution in [0.1, 0.15) is 5.56 Å². The van der Waals surface area contributed by atoms with Gasteiger partial charge >= 0.3 is 0 Å². The summed E-state index contributed by atoms with van der Waals surface area (Å²) in [5.41, 5.74) is 1.01. The fraction of sp³-hybridized carbons (Fsp3) is 0.125. The Labute approximate surface area is 83.9 Å². The third-order valence-corrected chi connectivity index (χ3v) is 1.89. The van der Waals surface area contributed by atoms with Gasteiger partial charge < -0.3 is 0 Å². The molecule has 0 spiro atoms. The van der Waals surface area contributed by atoms with Crippen molar-refractivity contribution >= 4 is 38.0 Å². The molecule has 0 unspecified atom stereocenters. The third-order valence-electron chi connectivity index (χ3n) is 1.26. The molecule has 11 heavy (non-hydrogen) atoms. The minimum Gasteiger partial charge on any atom is -0.287 e. The Morgan fingerprint density at radius 1 is 1.36 bits per heavy atom. The highest BCUT2D eigenvalue weighted by molar-refractivity contribution is 14.1. The Kier molecular flexibility index (Phi) is 3.33. The van der Waals surface area contributed by atoms with Crippen LogP contribution in [0.5, 0.6) is 0 Å². The fourth-order valence-corrected chi connectivity index (χ4v) is 1.33. The number of carbonyl (C=O) groups excluding carboxylic acids is 1. The molecule has 1 aromatic rings. The lowest BCUT2D eigenvalue weighted by atomic mass is 10.2. The van der Waals surface area contributed by atoms with Gasteiger partial charge in [-0.3, -0.25) is 4.79 Å². The van der Waals surface area contributed by atoms with E-state index in [0.717, 1.165) is 5.56 Å². The maximum absolute atomic E-state index is 10.7. The molecule has 1 nitrogen and oxygen atoms in total. The molecule has 0 saturated carbocycles. The fourth-order valence-electron chi connectivity index (χ4n) is 0.763. The van der Waals surface area contributed by atoms with Crippen LogP contribution in [0.25, 0.3) is 0 Å². The maximum Gasteiger partial charge on any atom is 0.196 e. The number of rotatable bonds is 2. The van der Waals surface area contributed by atoms with Crippen molar-refractivity contribution in [1.82, 2.24) is 0 Å². The SMILES string of the molecule is O=C(I)Cc1ccc(Cl)cc1. The monoisotopic (exact) mass is 280 g/mol. The number of hydrogen-bond donors (Lipinski definition) is 0. The van der Waals surface area contributed by atoms with Gasteiger partial charge in [0.2, 0.25) is 0 Å². The van der Waals surface area contributed by atoms with Crippen molar-refractivity contribution in [1.29, 1.82) is 0 Å². The van der Waals surface area contributed by atoms with E-state index in [0.29, 0.717) is 11.4 Å². The summed E-state index contributed by atoms with van der Waals surface area (Å²) in [5.74, 6) is 0. The van der Waals surface area contributed by atoms with Crippen LogP contribution in [0.15, 0.2) is 24.3 Å². The van der Waals surface area contributed by atoms with Gasteiger partial charge in [-0.15, -0.1) is 0 Å². The zero-order valence-corrected chi connectivity index (χ0v) is 8.59. The van der Waals surface area contributed by atoms with Crippen LogP contribution in [-0.2, 0) is 11.2 Å². The highest BCUT2D eigenvalue weighted by atomic mass is 127. The molecular weight excluding hydrogens is 274 g/mol. The van der Waals surface area contributed by atoms with E-state index < -0.39 is 0 Å². The predicted molar refractivity (Wildman–Crippen MR) is 54.2 cm³/mol. The highest BCUT2D eigenvalue weighted by Gasteiger charge is 1.97. The molecule has 0 saturated heterocycles. The summed E-state index contributed by atoms with van der Waals surface area (Å²) < 4.78 is 0.143. The van der Waals surface area contributed by atoms with E-state index in [1.54, 1.807) is 34.7 Å². The summed E-state index contributed by atoms with van der Waals surface area (Å²) in [4.78, 5) is 10.7. The molecule has 0 aliphatic rings. The first kappa shape index (κ1) is 9.00. The normalized spacial score (nSPS) is 9.64. The van der Waals surface area contributed by atoms with Gasteiger partial charge in [0.25, 0.3) is 0 Å². The van der Waals surface area contributed by atoms with Gasteiger partial charge in [0, 0.05) is 11.4 Å². The zero-order chi connectivity index (χ0) is 8.27. The zero-order valence-electron chi connectivity index (χ0n) is 5.68. The molecule has 0 amide bonds. The van der Waals surface area contributed by atoms with Gasteiger partial charge in [0.15, 0.2) is 3.79 Å². The van der Waals surface area contributed by atoms with E-state index in [-0.39, 0.29) is 3.79 Å². The molecule has 1 rings (SSSR count). The van der Waals surface area contributed by atoms with Crippen molar-refractivity contribution in [2.24, 2.45) is 0 Å². The largest absolute Gasteiger partial charge is 0.287 e. The summed E-state index contributed by atoms with van der Waals surface area (Å²) in [6, 6.07) is 7.30. The van der Waals surface area contributed by atoms with E-state index in [1.807, 2.05) is 12.1 Å². The molecule has 1 aromatic carbocycles. The highest BCUT2D eigenvalue weighted by Crippen LogP contribution is 2.10. The molecule has 0 aromatic heterocycles. The summed E-state index contributed by atoms with van der Waals surface area (Å²) >= 11 is 7.44. The first-order chi connectivity index (χ1) is 5.18. The molecule has 0 bridgehead atoms. The molecule has 0 aliphatic heterocycles. The summed E-state index contributed by atoms with van der Waals surface area (Å²) in [6.07, 6.45) is 0.484. The molecule has 0 aliphatic carbocycles. The standard InChI is InChI=1S/C8H6ClIO/c9-7-3-1-6(2-4-7)5-8(10)11/h1-4H,5H2. The average molecular weight is 280 g/mol. The second kappa shape index (κ2) is 4.07. The Morgan fingerprint density at radius 3 is 2.36 bits per heavy atom. The lowest BCUT2D eigenvalue weighted by Crippen LogP contribution is -1.91. The maximum atomic E-state index is 10.7. The van der Waals surface area contributed by atoms with Crippen LogP contribution in [0, 0.1) is 0 Å². The second-order valence-corrected chi connectivity index (χ2v) is 3.80. The molecule has 0 heterocycles. The van der Waals surface area contributed by atoms with Crippen LogP contribution in [-0.4, -0.2) is 3.79 Å². The molecule has 58 valence electrons. The van der Waals surface area contributed by atoms with E-state index in [9.17, 15) is 4.79 Å². The topological polar surface area (TPSA) is 17.1 Å². The van der Waals surface area contributed by atoms with Crippen LogP contribution in [0.3, 0.4) is 0 Å². The van der Waals surface area contributed by atoms with Crippen molar-refractivity contribution in [2.75, 3.05) is 0 Å². The number of halogens is 2. The minimum absolute atomic E-state index is 0.143. The van der Waals surface area contributed by atoms with Gasteiger partial charge in [0.05, 0.1) is 0 Å². The Hall–Kier alpha value is -0.0900. The molecule has 0 N–H and O–H groups in total. The van der Waals surface area contributed by atoms with E-state index in [2.05, 4.69) is 0 Å². The van der Waals surface area contributed by atoms with E-state index >= 15 is 0 Å². The summed E-state index contributed by atoms with van der Waals surface area (Å²) in [6.45, 7) is 0. The third kappa shape index (κ3) is 3.20. The van der Waals surface area contributed by atoms with E-state index in [4.69, 9.17) is 11.6 Å². The molecule has 3 heteroatoms. The molecule has 0 fully saturated rings. The Morgan fingerprint density at radius 2 is 1.91 bits per heavy atom. The van der Waals surface area contributed by atoms with Crippen LogP contribution >= 0.6 is 34.2 Å². The summed E-state index contributed by atoms with van der Waals surface area (Å²) in [5, 5.41) is 0.703. The van der Waals surface area contributed by atoms with Crippen LogP contribution in [0.4, 0.5) is 0 Å². The van der Waals surface area contributed by atoms with Crippen molar-refractivity contribution in [3.05, 3.63) is 34.9 Å². The van der Waals surface area contributed by atoms with Crippen molar-refractivity contribution in [2.45, 2.75) is 6.42 Å². The van der Waals surface area contributed by atoms with Crippen LogP contribution < -0.4 is 0 Å². The first-order valence-corrected chi connectivity index (χ1v) is 4.57. The molecule has 0 radical (unpaired) electrons. The number of hydrogen-bond acceptors (Lipinski definition) is 1. The van der Waals surface area contributed by atoms with Crippen LogP contribution in [0.2, 0.25) is 5.02 Å². The quantitative estimate of drug-likeness (QED) is 0.601. The van der Waals surface area contributed by atoms with E-state index in [1.165, 1.54) is 0 Å². The lowest BCUT2D eigenvalue weighted by Gasteiger charge is -1.95. The van der Waals surface area contributed by atoms with Crippen molar-refractivity contribution in [3.63, 3.8) is 0 Å². The van der Waals surface area contributed by atoms with Gasteiger partial charge in [0.1, 0.15) is 0 Å². The van der Waals surface area contributed by atoms with Gasteiger partial charge in [-0.1, -0.05) is 23.7 Å². The predicted octanol–water partition coefficient (Wildman–Crippen LogP) is 2.84. The van der Waals surface area contributed by atoms with Crippen molar-refractivity contribution in [3.8, 4) is 0 Å². The van der Waals surface area contributed by atoms with Gasteiger partial charge in [-0.2, -0.15) is 0 Å². The lowest BCUT2D eigenvalue weighted by molar-refractivity contribution is -0.108. The Balaban J connectivity index is 2.74. The minimum atomic E-state index is 0.143. The smallest absolute Gasteiger partial charge is 0.196 e. The number of carbonyl (C=O) groups is 1. The average Bonchev–Trinajstić information content (AvgIpc) is 1.93. The second-order valence-electron chi connectivity index (χ2n) is 2.16. The summed E-state index contributed by atoms with van der Waals surface area (Å²) in [7, 11) is 0. The Bertz CT molecular complexity index is 255. The first-order valence-electron chi connectivity index (χ1n) is 3.11. The molecule has 0 atom stereocenters.